The molecule has 0 aliphatic rings. The summed E-state index contributed by atoms with van der Waals surface area (Å²) in [7, 11) is 0. The minimum absolute atomic E-state index is 0.0776. The molecule has 0 bridgehead atoms. The first-order valence-corrected chi connectivity index (χ1v) is 12.6. The minimum Gasteiger partial charge on any atom is -0.460 e. The molecule has 2 N–H and O–H groups in total. The van der Waals surface area contributed by atoms with E-state index in [0.29, 0.717) is 11.1 Å². The fourth-order valence-electron chi connectivity index (χ4n) is 3.76. The maximum absolute atomic E-state index is 12.8. The Bertz CT molecular complexity index is 1250. The third-order valence-corrected chi connectivity index (χ3v) is 5.91. The molecule has 0 spiro atoms. The minimum atomic E-state index is -4.70. The molecule has 3 rings (SSSR count). The van der Waals surface area contributed by atoms with Crippen molar-refractivity contribution in [2.24, 2.45) is 5.92 Å². The van der Waals surface area contributed by atoms with Crippen molar-refractivity contribution < 1.29 is 32.0 Å². The van der Waals surface area contributed by atoms with Gasteiger partial charge in [0.15, 0.2) is 0 Å². The number of anilines is 1. The van der Waals surface area contributed by atoms with Gasteiger partial charge in [0.25, 0.3) is 5.91 Å². The van der Waals surface area contributed by atoms with Crippen molar-refractivity contribution in [3.63, 3.8) is 0 Å². The molecule has 2 aromatic carbocycles. The van der Waals surface area contributed by atoms with E-state index < -0.39 is 17.7 Å². The molecule has 8 nitrogen and oxygen atoms in total. The number of esters is 1. The van der Waals surface area contributed by atoms with Crippen LogP contribution >= 0.6 is 0 Å². The van der Waals surface area contributed by atoms with Gasteiger partial charge in [0.2, 0.25) is 5.82 Å². The van der Waals surface area contributed by atoms with E-state index in [9.17, 15) is 22.8 Å². The predicted molar refractivity (Wildman–Crippen MR) is 140 cm³/mol. The first-order valence-electron chi connectivity index (χ1n) is 12.6. The lowest BCUT2D eigenvalue weighted by molar-refractivity contribution is -0.159. The summed E-state index contributed by atoms with van der Waals surface area (Å²) in [6.45, 7) is 9.68. The smallest absolute Gasteiger partial charge is 0.460 e. The van der Waals surface area contributed by atoms with Gasteiger partial charge in [0, 0.05) is 23.4 Å². The maximum atomic E-state index is 12.8. The quantitative estimate of drug-likeness (QED) is 0.283. The van der Waals surface area contributed by atoms with Crippen LogP contribution in [0.4, 0.5) is 18.9 Å². The first-order chi connectivity index (χ1) is 18.3. The lowest BCUT2D eigenvalue weighted by atomic mass is 9.91. The van der Waals surface area contributed by atoms with Crippen molar-refractivity contribution in [1.29, 1.82) is 0 Å². The standard InChI is InChI=1S/C28H33F3N4O4/c1-6-17(2)23(18-7-9-19(10-8-18)24-34-26(39-35-24)28(29,30)31)33-21-13-11-20(12-14-21)25(37)32-16-15-22(36)38-27(3,4)5/h7-14,17,23,33H,6,15-16H2,1-5H3,(H,32,37). The molecule has 1 aromatic heterocycles. The highest BCUT2D eigenvalue weighted by Gasteiger charge is 2.38. The number of benzene rings is 2. The highest BCUT2D eigenvalue weighted by atomic mass is 19.4. The van der Waals surface area contributed by atoms with E-state index in [1.807, 2.05) is 12.1 Å². The van der Waals surface area contributed by atoms with Crippen LogP contribution < -0.4 is 10.6 Å². The molecule has 0 saturated heterocycles. The molecule has 1 amide bonds. The third-order valence-electron chi connectivity index (χ3n) is 5.91. The molecular formula is C28H33F3N4O4. The van der Waals surface area contributed by atoms with Crippen molar-refractivity contribution in [1.82, 2.24) is 15.5 Å². The summed E-state index contributed by atoms with van der Waals surface area (Å²) in [5.74, 6) is -1.99. The van der Waals surface area contributed by atoms with E-state index in [1.54, 1.807) is 57.2 Å². The Labute approximate surface area is 225 Å². The van der Waals surface area contributed by atoms with Gasteiger partial charge in [-0.3, -0.25) is 9.59 Å². The van der Waals surface area contributed by atoms with E-state index in [4.69, 9.17) is 4.74 Å². The SMILES string of the molecule is CCC(C)C(Nc1ccc(C(=O)NCCC(=O)OC(C)(C)C)cc1)c1ccc(-c2noc(C(F)(F)F)n2)cc1. The normalized spacial score (nSPS) is 13.4. The van der Waals surface area contributed by atoms with E-state index in [1.165, 1.54) is 0 Å². The molecule has 11 heteroatoms. The summed E-state index contributed by atoms with van der Waals surface area (Å²) in [5.41, 5.74) is 2.00. The van der Waals surface area contributed by atoms with Gasteiger partial charge in [-0.1, -0.05) is 49.7 Å². The number of ether oxygens (including phenoxy) is 1. The summed E-state index contributed by atoms with van der Waals surface area (Å²) in [6.07, 6.45) is -3.75. The van der Waals surface area contributed by atoms with Crippen LogP contribution in [-0.4, -0.2) is 34.2 Å². The number of hydrogen-bond acceptors (Lipinski definition) is 7. The molecule has 1 heterocycles. The molecule has 0 fully saturated rings. The topological polar surface area (TPSA) is 106 Å². The highest BCUT2D eigenvalue weighted by molar-refractivity contribution is 5.94. The van der Waals surface area contributed by atoms with Crippen LogP contribution in [0.15, 0.2) is 53.1 Å². The van der Waals surface area contributed by atoms with Gasteiger partial charge in [-0.25, -0.2) is 0 Å². The van der Waals surface area contributed by atoms with Crippen LogP contribution in [0.5, 0.6) is 0 Å². The zero-order chi connectivity index (χ0) is 28.8. The third kappa shape index (κ3) is 8.56. The Kier molecular flexibility index (Phi) is 9.36. The summed E-state index contributed by atoms with van der Waals surface area (Å²) < 4.78 is 47.9. The zero-order valence-corrected chi connectivity index (χ0v) is 22.6. The Morgan fingerprint density at radius 1 is 1.03 bits per heavy atom. The summed E-state index contributed by atoms with van der Waals surface area (Å²) in [5, 5.41) is 9.63. The van der Waals surface area contributed by atoms with Gasteiger partial charge >= 0.3 is 18.0 Å². The summed E-state index contributed by atoms with van der Waals surface area (Å²) in [4.78, 5) is 27.7. The molecule has 0 radical (unpaired) electrons. The van der Waals surface area contributed by atoms with E-state index >= 15 is 0 Å². The number of nitrogens with zero attached hydrogens (tertiary/aromatic N) is 2. The Morgan fingerprint density at radius 2 is 1.67 bits per heavy atom. The average molecular weight is 547 g/mol. The lowest BCUT2D eigenvalue weighted by Gasteiger charge is -2.26. The number of hydrogen-bond donors (Lipinski definition) is 2. The van der Waals surface area contributed by atoms with E-state index in [0.717, 1.165) is 17.7 Å². The lowest BCUT2D eigenvalue weighted by Crippen LogP contribution is -2.29. The van der Waals surface area contributed by atoms with Gasteiger partial charge in [0.1, 0.15) is 5.60 Å². The van der Waals surface area contributed by atoms with Crippen LogP contribution in [0, 0.1) is 5.92 Å². The predicted octanol–water partition coefficient (Wildman–Crippen LogP) is 6.42. The molecule has 0 aliphatic carbocycles. The number of amides is 1. The number of carbonyl (C=O) groups excluding carboxylic acids is 2. The summed E-state index contributed by atoms with van der Waals surface area (Å²) in [6, 6.07) is 13.8. The van der Waals surface area contributed by atoms with E-state index in [2.05, 4.69) is 39.1 Å². The highest BCUT2D eigenvalue weighted by Crippen LogP contribution is 2.32. The van der Waals surface area contributed by atoms with Crippen molar-refractivity contribution in [3.05, 3.63) is 65.5 Å². The Balaban J connectivity index is 1.64. The second kappa shape index (κ2) is 12.3. The second-order valence-electron chi connectivity index (χ2n) is 10.2. The van der Waals surface area contributed by atoms with Crippen molar-refractivity contribution >= 4 is 17.6 Å². The molecule has 0 saturated carbocycles. The molecule has 39 heavy (non-hydrogen) atoms. The first kappa shape index (κ1) is 29.7. The van der Waals surface area contributed by atoms with Gasteiger partial charge in [-0.2, -0.15) is 18.2 Å². The van der Waals surface area contributed by atoms with Crippen LogP contribution in [0.2, 0.25) is 0 Å². The van der Waals surface area contributed by atoms with Crippen LogP contribution in [-0.2, 0) is 15.7 Å². The van der Waals surface area contributed by atoms with Gasteiger partial charge in [-0.15, -0.1) is 0 Å². The average Bonchev–Trinajstić information content (AvgIpc) is 3.37. The molecule has 0 aliphatic heterocycles. The zero-order valence-electron chi connectivity index (χ0n) is 22.6. The fraction of sp³-hybridized carbons (Fsp3) is 0.429. The number of rotatable bonds is 10. The van der Waals surface area contributed by atoms with Crippen molar-refractivity contribution in [2.45, 2.75) is 65.3 Å². The fourth-order valence-corrected chi connectivity index (χ4v) is 3.76. The molecule has 2 unspecified atom stereocenters. The number of aromatic nitrogens is 2. The second-order valence-corrected chi connectivity index (χ2v) is 10.2. The summed E-state index contributed by atoms with van der Waals surface area (Å²) >= 11 is 0. The number of nitrogens with one attached hydrogen (secondary N) is 2. The molecule has 210 valence electrons. The van der Waals surface area contributed by atoms with Gasteiger partial charge in [0.05, 0.1) is 12.5 Å². The number of alkyl halides is 3. The van der Waals surface area contributed by atoms with Gasteiger partial charge < -0.3 is 19.9 Å². The Morgan fingerprint density at radius 3 is 2.21 bits per heavy atom. The number of halogens is 3. The van der Waals surface area contributed by atoms with Crippen molar-refractivity contribution in [2.75, 3.05) is 11.9 Å². The van der Waals surface area contributed by atoms with Crippen molar-refractivity contribution in [3.8, 4) is 11.4 Å². The van der Waals surface area contributed by atoms with Crippen LogP contribution in [0.1, 0.15) is 75.3 Å². The Hall–Kier alpha value is -3.89. The molecular weight excluding hydrogens is 513 g/mol. The molecule has 3 aromatic rings. The maximum Gasteiger partial charge on any atom is 0.471 e. The molecule has 2 atom stereocenters. The van der Waals surface area contributed by atoms with Crippen LogP contribution in [0.25, 0.3) is 11.4 Å². The van der Waals surface area contributed by atoms with Crippen LogP contribution in [0.3, 0.4) is 0 Å². The number of carbonyl (C=O) groups is 2. The van der Waals surface area contributed by atoms with Gasteiger partial charge in [-0.05, 0) is 56.5 Å². The monoisotopic (exact) mass is 546 g/mol. The van der Waals surface area contributed by atoms with E-state index in [-0.39, 0.29) is 42.6 Å². The largest absolute Gasteiger partial charge is 0.471 e.